The normalized spacial score (nSPS) is 18.2. The Morgan fingerprint density at radius 1 is 0.588 bits per heavy atom. The standard InChI is InChI=1S/C28H22N4O2/c1-19-25(27(33)31(29-19)23-12-5-3-6-13-23)17-21-10-9-11-22(16-21)18-26-20(2)30-32(28(26)34)24-14-7-4-8-15-24/h3-18H,1-2H3/b25-17-,26-18-. The fourth-order valence-electron chi connectivity index (χ4n) is 3.93. The molecular weight excluding hydrogens is 424 g/mol. The van der Waals surface area contributed by atoms with E-state index in [0.29, 0.717) is 22.6 Å². The summed E-state index contributed by atoms with van der Waals surface area (Å²) in [5.74, 6) is -0.334. The average molecular weight is 447 g/mol. The van der Waals surface area contributed by atoms with Crippen molar-refractivity contribution in [2.45, 2.75) is 13.8 Å². The molecule has 0 aromatic heterocycles. The van der Waals surface area contributed by atoms with Crippen LogP contribution in [0.2, 0.25) is 0 Å². The number of hydrogen-bond acceptors (Lipinski definition) is 4. The van der Waals surface area contributed by atoms with Crippen LogP contribution in [0.3, 0.4) is 0 Å². The van der Waals surface area contributed by atoms with E-state index in [1.807, 2.05) is 111 Å². The van der Waals surface area contributed by atoms with E-state index in [1.54, 1.807) is 0 Å². The molecule has 6 heteroatoms. The second-order valence-electron chi connectivity index (χ2n) is 8.06. The molecule has 2 heterocycles. The first-order valence-electron chi connectivity index (χ1n) is 10.9. The predicted molar refractivity (Wildman–Crippen MR) is 136 cm³/mol. The number of anilines is 2. The lowest BCUT2D eigenvalue weighted by Crippen LogP contribution is -2.21. The molecule has 5 rings (SSSR count). The molecule has 0 unspecified atom stereocenters. The van der Waals surface area contributed by atoms with Crippen LogP contribution in [0.15, 0.2) is 106 Å². The minimum atomic E-state index is -0.167. The summed E-state index contributed by atoms with van der Waals surface area (Å²) in [6, 6.07) is 26.4. The smallest absolute Gasteiger partial charge is 0.267 e. The van der Waals surface area contributed by atoms with Crippen LogP contribution in [0.1, 0.15) is 25.0 Å². The van der Waals surface area contributed by atoms with Gasteiger partial charge in [-0.1, -0.05) is 54.6 Å². The van der Waals surface area contributed by atoms with Crippen molar-refractivity contribution in [3.63, 3.8) is 0 Å². The fraction of sp³-hybridized carbons (Fsp3) is 0.0714. The molecule has 0 bridgehead atoms. The highest BCUT2D eigenvalue weighted by molar-refractivity contribution is 6.33. The zero-order valence-electron chi connectivity index (χ0n) is 18.8. The Kier molecular flexibility index (Phi) is 5.47. The van der Waals surface area contributed by atoms with Crippen LogP contribution in [0.5, 0.6) is 0 Å². The molecule has 34 heavy (non-hydrogen) atoms. The molecule has 166 valence electrons. The summed E-state index contributed by atoms with van der Waals surface area (Å²) >= 11 is 0. The molecule has 0 aliphatic carbocycles. The number of benzene rings is 3. The quantitative estimate of drug-likeness (QED) is 0.511. The van der Waals surface area contributed by atoms with Crippen molar-refractivity contribution in [3.05, 3.63) is 107 Å². The molecule has 3 aromatic rings. The van der Waals surface area contributed by atoms with E-state index < -0.39 is 0 Å². The fourth-order valence-corrected chi connectivity index (χ4v) is 3.93. The third-order valence-corrected chi connectivity index (χ3v) is 5.66. The van der Waals surface area contributed by atoms with Crippen molar-refractivity contribution in [1.82, 2.24) is 0 Å². The van der Waals surface area contributed by atoms with E-state index in [-0.39, 0.29) is 11.8 Å². The number of amides is 2. The van der Waals surface area contributed by atoms with Crippen molar-refractivity contribution >= 4 is 46.8 Å². The molecule has 6 nitrogen and oxygen atoms in total. The number of hydrogen-bond donors (Lipinski definition) is 0. The molecule has 0 N–H and O–H groups in total. The first-order chi connectivity index (χ1) is 16.5. The largest absolute Gasteiger partial charge is 0.280 e. The van der Waals surface area contributed by atoms with Crippen LogP contribution in [0.25, 0.3) is 12.2 Å². The molecule has 2 amide bonds. The second kappa shape index (κ2) is 8.75. The van der Waals surface area contributed by atoms with Crippen molar-refractivity contribution < 1.29 is 9.59 Å². The maximum absolute atomic E-state index is 13.0. The van der Waals surface area contributed by atoms with E-state index in [0.717, 1.165) is 22.5 Å². The summed E-state index contributed by atoms with van der Waals surface area (Å²) in [6.07, 6.45) is 3.67. The van der Waals surface area contributed by atoms with Crippen molar-refractivity contribution in [3.8, 4) is 0 Å². The number of para-hydroxylation sites is 2. The van der Waals surface area contributed by atoms with E-state index in [2.05, 4.69) is 10.2 Å². The summed E-state index contributed by atoms with van der Waals surface area (Å²) in [7, 11) is 0. The van der Waals surface area contributed by atoms with E-state index in [1.165, 1.54) is 10.0 Å². The lowest BCUT2D eigenvalue weighted by molar-refractivity contribution is -0.115. The molecule has 0 atom stereocenters. The maximum atomic E-state index is 13.0. The number of hydrazone groups is 2. The van der Waals surface area contributed by atoms with Crippen LogP contribution in [-0.2, 0) is 9.59 Å². The highest BCUT2D eigenvalue weighted by Gasteiger charge is 2.29. The van der Waals surface area contributed by atoms with Crippen LogP contribution >= 0.6 is 0 Å². The Labute approximate surface area is 197 Å². The van der Waals surface area contributed by atoms with Crippen LogP contribution in [0.4, 0.5) is 11.4 Å². The summed E-state index contributed by atoms with van der Waals surface area (Å²) in [6.45, 7) is 3.65. The van der Waals surface area contributed by atoms with Gasteiger partial charge in [0.15, 0.2) is 0 Å². The van der Waals surface area contributed by atoms with Gasteiger partial charge < -0.3 is 0 Å². The minimum absolute atomic E-state index is 0.167. The Balaban J connectivity index is 1.42. The first-order valence-corrected chi connectivity index (χ1v) is 10.9. The number of carbonyl (C=O) groups is 2. The molecule has 2 aliphatic heterocycles. The number of nitrogens with zero attached hydrogens (tertiary/aromatic N) is 4. The SMILES string of the molecule is CC1=NN(c2ccccc2)C(=O)/C1=C\c1cccc(/C=C2\C(=O)N(c3ccccc3)N=C2C)c1. The maximum Gasteiger partial charge on any atom is 0.280 e. The van der Waals surface area contributed by atoms with Gasteiger partial charge in [-0.3, -0.25) is 9.59 Å². The van der Waals surface area contributed by atoms with E-state index in [9.17, 15) is 9.59 Å². The molecular formula is C28H22N4O2. The lowest BCUT2D eigenvalue weighted by atomic mass is 10.0. The predicted octanol–water partition coefficient (Wildman–Crippen LogP) is 5.30. The third kappa shape index (κ3) is 3.97. The average Bonchev–Trinajstić information content (AvgIpc) is 3.30. The Morgan fingerprint density at radius 2 is 1.00 bits per heavy atom. The zero-order valence-corrected chi connectivity index (χ0v) is 18.8. The second-order valence-corrected chi connectivity index (χ2v) is 8.06. The van der Waals surface area contributed by atoms with Crippen molar-refractivity contribution in [2.24, 2.45) is 10.2 Å². The molecule has 0 fully saturated rings. The van der Waals surface area contributed by atoms with Crippen molar-refractivity contribution in [2.75, 3.05) is 10.0 Å². The number of carbonyl (C=O) groups excluding carboxylic acids is 2. The van der Waals surface area contributed by atoms with Gasteiger partial charge in [0.25, 0.3) is 11.8 Å². The molecule has 2 aliphatic rings. The van der Waals surface area contributed by atoms with Crippen molar-refractivity contribution in [1.29, 1.82) is 0 Å². The van der Waals surface area contributed by atoms with Gasteiger partial charge in [0.1, 0.15) is 0 Å². The summed E-state index contributed by atoms with van der Waals surface area (Å²) in [5.41, 5.74) is 5.55. The Bertz CT molecular complexity index is 1300. The van der Waals surface area contributed by atoms with Gasteiger partial charge in [0.05, 0.1) is 33.9 Å². The molecule has 0 radical (unpaired) electrons. The lowest BCUT2D eigenvalue weighted by Gasteiger charge is -2.11. The number of rotatable bonds is 4. The van der Waals surface area contributed by atoms with E-state index >= 15 is 0 Å². The zero-order chi connectivity index (χ0) is 23.7. The molecule has 0 saturated heterocycles. The van der Waals surface area contributed by atoms with Crippen LogP contribution in [0, 0.1) is 0 Å². The van der Waals surface area contributed by atoms with Gasteiger partial charge in [-0.25, -0.2) is 0 Å². The van der Waals surface area contributed by atoms with Gasteiger partial charge >= 0.3 is 0 Å². The van der Waals surface area contributed by atoms with Gasteiger partial charge in [-0.2, -0.15) is 20.2 Å². The van der Waals surface area contributed by atoms with Crippen LogP contribution < -0.4 is 10.0 Å². The topological polar surface area (TPSA) is 65.3 Å². The first kappa shape index (κ1) is 21.3. The molecule has 0 spiro atoms. The monoisotopic (exact) mass is 446 g/mol. The Morgan fingerprint density at radius 3 is 1.41 bits per heavy atom. The molecule has 3 aromatic carbocycles. The van der Waals surface area contributed by atoms with Crippen LogP contribution in [-0.4, -0.2) is 23.2 Å². The van der Waals surface area contributed by atoms with Gasteiger partial charge in [0, 0.05) is 0 Å². The van der Waals surface area contributed by atoms with Gasteiger partial charge in [0.2, 0.25) is 0 Å². The Hall–Kier alpha value is -4.58. The third-order valence-electron chi connectivity index (χ3n) is 5.66. The highest BCUT2D eigenvalue weighted by atomic mass is 16.2. The minimum Gasteiger partial charge on any atom is -0.267 e. The summed E-state index contributed by atoms with van der Waals surface area (Å²) in [4.78, 5) is 26.0. The van der Waals surface area contributed by atoms with Gasteiger partial charge in [-0.15, -0.1) is 0 Å². The van der Waals surface area contributed by atoms with Gasteiger partial charge in [-0.05, 0) is 67.5 Å². The highest BCUT2D eigenvalue weighted by Crippen LogP contribution is 2.27. The summed E-state index contributed by atoms with van der Waals surface area (Å²) < 4.78 is 0. The van der Waals surface area contributed by atoms with E-state index in [4.69, 9.17) is 0 Å². The molecule has 0 saturated carbocycles. The summed E-state index contributed by atoms with van der Waals surface area (Å²) in [5, 5.41) is 11.7.